The van der Waals surface area contributed by atoms with Gasteiger partial charge < -0.3 is 19.4 Å². The van der Waals surface area contributed by atoms with Crippen LogP contribution in [0.1, 0.15) is 19.8 Å². The molecule has 2 aromatic heterocycles. The van der Waals surface area contributed by atoms with Crippen molar-refractivity contribution in [3.63, 3.8) is 0 Å². The molecule has 0 unspecified atom stereocenters. The summed E-state index contributed by atoms with van der Waals surface area (Å²) in [6, 6.07) is 14.3. The van der Waals surface area contributed by atoms with Gasteiger partial charge in [0.2, 0.25) is 5.43 Å². The standard InChI is InChI=1S/C22H21N3O3/c1-2-3-12-28-21-14-25(11-10-20(21)27)16-6-9-18-19(13-16)24-22(23-18)15-4-7-17(26)8-5-15/h4-11,13-14,26H,2-3,12H2,1H3,(H,23,24). The number of aromatic amines is 1. The maximum absolute atomic E-state index is 12.0. The van der Waals surface area contributed by atoms with Gasteiger partial charge in [-0.15, -0.1) is 0 Å². The summed E-state index contributed by atoms with van der Waals surface area (Å²) in [4.78, 5) is 20.0. The van der Waals surface area contributed by atoms with Crippen LogP contribution >= 0.6 is 0 Å². The van der Waals surface area contributed by atoms with Crippen molar-refractivity contribution in [2.45, 2.75) is 19.8 Å². The lowest BCUT2D eigenvalue weighted by Gasteiger charge is -2.09. The summed E-state index contributed by atoms with van der Waals surface area (Å²) in [5.74, 6) is 1.30. The fraction of sp³-hybridized carbons (Fsp3) is 0.182. The molecule has 0 amide bonds. The lowest BCUT2D eigenvalue weighted by molar-refractivity contribution is 0.305. The van der Waals surface area contributed by atoms with Crippen LogP contribution in [0, 0.1) is 0 Å². The van der Waals surface area contributed by atoms with Gasteiger partial charge in [-0.1, -0.05) is 13.3 Å². The summed E-state index contributed by atoms with van der Waals surface area (Å²) in [7, 11) is 0. The second kappa shape index (κ2) is 7.60. The molecule has 28 heavy (non-hydrogen) atoms. The van der Waals surface area contributed by atoms with E-state index in [4.69, 9.17) is 4.74 Å². The predicted octanol–water partition coefficient (Wildman–Crippen LogP) is 4.27. The number of rotatable bonds is 6. The molecule has 2 aromatic carbocycles. The normalized spacial score (nSPS) is 11.0. The SMILES string of the molecule is CCCCOc1cn(-c2ccc3[nH]c(-c4ccc(O)cc4)nc3c2)ccc1=O. The minimum absolute atomic E-state index is 0.122. The Bertz CT molecular complexity index is 1160. The van der Waals surface area contributed by atoms with E-state index in [1.54, 1.807) is 24.5 Å². The van der Waals surface area contributed by atoms with Gasteiger partial charge in [0, 0.05) is 23.5 Å². The number of ether oxygens (including phenoxy) is 1. The molecule has 0 bridgehead atoms. The summed E-state index contributed by atoms with van der Waals surface area (Å²) in [6.07, 6.45) is 5.37. The highest BCUT2D eigenvalue weighted by Crippen LogP contribution is 2.24. The number of H-pyrrole nitrogens is 1. The van der Waals surface area contributed by atoms with Gasteiger partial charge in [-0.2, -0.15) is 0 Å². The zero-order valence-corrected chi connectivity index (χ0v) is 15.6. The monoisotopic (exact) mass is 375 g/mol. The molecule has 2 N–H and O–H groups in total. The van der Waals surface area contributed by atoms with Crippen molar-refractivity contribution in [3.05, 3.63) is 71.1 Å². The van der Waals surface area contributed by atoms with Crippen LogP contribution in [0.2, 0.25) is 0 Å². The van der Waals surface area contributed by atoms with E-state index in [1.165, 1.54) is 6.07 Å². The lowest BCUT2D eigenvalue weighted by Crippen LogP contribution is -2.10. The van der Waals surface area contributed by atoms with Gasteiger partial charge in [0.05, 0.1) is 23.8 Å². The molecule has 142 valence electrons. The van der Waals surface area contributed by atoms with Gasteiger partial charge in [-0.05, 0) is 48.9 Å². The predicted molar refractivity (Wildman–Crippen MR) is 109 cm³/mol. The minimum Gasteiger partial charge on any atom is -0.508 e. The van der Waals surface area contributed by atoms with Crippen LogP contribution in [0.15, 0.2) is 65.7 Å². The van der Waals surface area contributed by atoms with Crippen molar-refractivity contribution in [1.29, 1.82) is 0 Å². The first kappa shape index (κ1) is 17.9. The number of benzene rings is 2. The maximum Gasteiger partial charge on any atom is 0.223 e. The molecular weight excluding hydrogens is 354 g/mol. The molecule has 0 atom stereocenters. The molecule has 0 spiro atoms. The van der Waals surface area contributed by atoms with Crippen molar-refractivity contribution in [1.82, 2.24) is 14.5 Å². The third-order valence-electron chi connectivity index (χ3n) is 4.55. The Morgan fingerprint density at radius 3 is 2.75 bits per heavy atom. The van der Waals surface area contributed by atoms with Gasteiger partial charge in [0.1, 0.15) is 11.6 Å². The van der Waals surface area contributed by atoms with Crippen molar-refractivity contribution in [3.8, 4) is 28.6 Å². The molecule has 0 saturated heterocycles. The van der Waals surface area contributed by atoms with Crippen molar-refractivity contribution >= 4 is 11.0 Å². The molecule has 0 fully saturated rings. The highest BCUT2D eigenvalue weighted by atomic mass is 16.5. The maximum atomic E-state index is 12.0. The molecule has 0 saturated carbocycles. The molecule has 4 rings (SSSR count). The Morgan fingerprint density at radius 2 is 1.96 bits per heavy atom. The average molecular weight is 375 g/mol. The summed E-state index contributed by atoms with van der Waals surface area (Å²) >= 11 is 0. The average Bonchev–Trinajstić information content (AvgIpc) is 3.13. The van der Waals surface area contributed by atoms with Crippen molar-refractivity contribution in [2.24, 2.45) is 0 Å². The Balaban J connectivity index is 1.67. The van der Waals surface area contributed by atoms with E-state index < -0.39 is 0 Å². The van der Waals surface area contributed by atoms with Gasteiger partial charge >= 0.3 is 0 Å². The van der Waals surface area contributed by atoms with E-state index >= 15 is 0 Å². The highest BCUT2D eigenvalue weighted by Gasteiger charge is 2.08. The summed E-state index contributed by atoms with van der Waals surface area (Å²) < 4.78 is 7.48. The number of aromatic nitrogens is 3. The number of unbranched alkanes of at least 4 members (excludes halogenated alkanes) is 1. The summed E-state index contributed by atoms with van der Waals surface area (Å²) in [5, 5.41) is 9.45. The van der Waals surface area contributed by atoms with E-state index in [2.05, 4.69) is 16.9 Å². The van der Waals surface area contributed by atoms with E-state index in [0.717, 1.165) is 41.0 Å². The fourth-order valence-corrected chi connectivity index (χ4v) is 2.97. The second-order valence-electron chi connectivity index (χ2n) is 6.62. The number of phenolic OH excluding ortho intramolecular Hbond substituents is 1. The Labute approximate surface area is 162 Å². The largest absolute Gasteiger partial charge is 0.508 e. The fourth-order valence-electron chi connectivity index (χ4n) is 2.97. The molecule has 6 heteroatoms. The number of phenols is 1. The molecule has 0 aliphatic rings. The van der Waals surface area contributed by atoms with Crippen molar-refractivity contribution < 1.29 is 9.84 Å². The van der Waals surface area contributed by atoms with E-state index in [9.17, 15) is 9.90 Å². The number of imidazole rings is 1. The third-order valence-corrected chi connectivity index (χ3v) is 4.55. The number of hydrogen-bond acceptors (Lipinski definition) is 4. The first-order valence-electron chi connectivity index (χ1n) is 9.28. The van der Waals surface area contributed by atoms with E-state index in [1.807, 2.05) is 34.9 Å². The Kier molecular flexibility index (Phi) is 4.85. The van der Waals surface area contributed by atoms with Crippen LogP contribution in [0.4, 0.5) is 0 Å². The number of nitrogens with zero attached hydrogens (tertiary/aromatic N) is 2. The number of fused-ring (bicyclic) bond motifs is 1. The van der Waals surface area contributed by atoms with Crippen LogP contribution in [0.25, 0.3) is 28.1 Å². The molecule has 0 aliphatic carbocycles. The zero-order chi connectivity index (χ0) is 19.5. The second-order valence-corrected chi connectivity index (χ2v) is 6.62. The molecule has 0 aliphatic heterocycles. The number of aromatic hydroxyl groups is 1. The van der Waals surface area contributed by atoms with Gasteiger partial charge in [-0.25, -0.2) is 4.98 Å². The Hall–Kier alpha value is -3.54. The zero-order valence-electron chi connectivity index (χ0n) is 15.6. The molecule has 6 nitrogen and oxygen atoms in total. The van der Waals surface area contributed by atoms with Gasteiger partial charge in [-0.3, -0.25) is 4.79 Å². The molecular formula is C22H21N3O3. The third kappa shape index (κ3) is 3.62. The Morgan fingerprint density at radius 1 is 1.14 bits per heavy atom. The van der Waals surface area contributed by atoms with Crippen LogP contribution in [0.5, 0.6) is 11.5 Å². The first-order valence-corrected chi connectivity index (χ1v) is 9.28. The first-order chi connectivity index (χ1) is 13.6. The number of pyridine rings is 1. The highest BCUT2D eigenvalue weighted by molar-refractivity contribution is 5.81. The van der Waals surface area contributed by atoms with Crippen LogP contribution in [0.3, 0.4) is 0 Å². The van der Waals surface area contributed by atoms with Crippen LogP contribution in [-0.2, 0) is 0 Å². The van der Waals surface area contributed by atoms with Gasteiger partial charge in [0.25, 0.3) is 0 Å². The van der Waals surface area contributed by atoms with Crippen LogP contribution in [-0.4, -0.2) is 26.2 Å². The summed E-state index contributed by atoms with van der Waals surface area (Å²) in [5.41, 5.74) is 3.38. The number of hydrogen-bond donors (Lipinski definition) is 2. The topological polar surface area (TPSA) is 80.1 Å². The smallest absolute Gasteiger partial charge is 0.223 e. The molecule has 4 aromatic rings. The summed E-state index contributed by atoms with van der Waals surface area (Å²) in [6.45, 7) is 2.61. The van der Waals surface area contributed by atoms with E-state index in [-0.39, 0.29) is 11.2 Å². The quantitative estimate of drug-likeness (QED) is 0.493. The number of nitrogens with one attached hydrogen (secondary N) is 1. The minimum atomic E-state index is -0.122. The van der Waals surface area contributed by atoms with Gasteiger partial charge in [0.15, 0.2) is 5.75 Å². The molecule has 0 radical (unpaired) electrons. The van der Waals surface area contributed by atoms with Crippen molar-refractivity contribution in [2.75, 3.05) is 6.61 Å². The van der Waals surface area contributed by atoms with Crippen LogP contribution < -0.4 is 10.2 Å². The molecule has 2 heterocycles. The van der Waals surface area contributed by atoms with E-state index in [0.29, 0.717) is 12.4 Å². The lowest BCUT2D eigenvalue weighted by atomic mass is 10.2.